The van der Waals surface area contributed by atoms with Crippen molar-refractivity contribution in [3.63, 3.8) is 0 Å². The molecule has 2 rings (SSSR count). The van der Waals surface area contributed by atoms with Gasteiger partial charge in [0.2, 0.25) is 5.91 Å². The second-order valence-electron chi connectivity index (χ2n) is 4.96. The molecule has 1 aromatic carbocycles. The first-order valence-corrected chi connectivity index (χ1v) is 7.20. The molecule has 1 aromatic heterocycles. The molecule has 0 saturated carbocycles. The van der Waals surface area contributed by atoms with Crippen LogP contribution in [0.15, 0.2) is 40.8 Å². The summed E-state index contributed by atoms with van der Waals surface area (Å²) in [5.41, 5.74) is 0.883. The van der Waals surface area contributed by atoms with Crippen LogP contribution in [0, 0.1) is 0 Å². The molecule has 0 bridgehead atoms. The van der Waals surface area contributed by atoms with E-state index in [1.54, 1.807) is 19.0 Å². The van der Waals surface area contributed by atoms with Crippen LogP contribution >= 0.6 is 11.6 Å². The van der Waals surface area contributed by atoms with Gasteiger partial charge in [-0.2, -0.15) is 0 Å². The SMILES string of the molecule is CN(C)C(=O)CCNCc1ccc(-c2ccccc2Cl)o1. The summed E-state index contributed by atoms with van der Waals surface area (Å²) in [6.07, 6.45) is 0.477. The van der Waals surface area contributed by atoms with Gasteiger partial charge < -0.3 is 14.6 Å². The molecule has 0 spiro atoms. The van der Waals surface area contributed by atoms with Crippen LogP contribution in [-0.2, 0) is 11.3 Å². The predicted octanol–water partition coefficient (Wildman–Crippen LogP) is 3.17. The summed E-state index contributed by atoms with van der Waals surface area (Å²) in [4.78, 5) is 13.0. The summed E-state index contributed by atoms with van der Waals surface area (Å²) >= 11 is 6.14. The number of nitrogens with one attached hydrogen (secondary N) is 1. The van der Waals surface area contributed by atoms with E-state index in [1.165, 1.54) is 0 Å². The van der Waals surface area contributed by atoms with Gasteiger partial charge in [-0.25, -0.2) is 0 Å². The van der Waals surface area contributed by atoms with Crippen LogP contribution in [0.2, 0.25) is 5.02 Å². The Hall–Kier alpha value is -1.78. The van der Waals surface area contributed by atoms with E-state index in [-0.39, 0.29) is 5.91 Å². The van der Waals surface area contributed by atoms with Crippen LogP contribution in [0.3, 0.4) is 0 Å². The smallest absolute Gasteiger partial charge is 0.223 e. The van der Waals surface area contributed by atoms with Crippen LogP contribution < -0.4 is 5.32 Å². The molecule has 112 valence electrons. The lowest BCUT2D eigenvalue weighted by molar-refractivity contribution is -0.128. The Labute approximate surface area is 129 Å². The Morgan fingerprint density at radius 1 is 1.24 bits per heavy atom. The molecule has 2 aromatic rings. The van der Waals surface area contributed by atoms with Crippen LogP contribution in [0.1, 0.15) is 12.2 Å². The third kappa shape index (κ3) is 4.34. The molecule has 1 N–H and O–H groups in total. The summed E-state index contributed by atoms with van der Waals surface area (Å²) < 4.78 is 5.76. The number of benzene rings is 1. The van der Waals surface area contributed by atoms with Gasteiger partial charge in [-0.1, -0.05) is 23.7 Å². The fraction of sp³-hybridized carbons (Fsp3) is 0.312. The van der Waals surface area contributed by atoms with Crippen LogP contribution in [0.5, 0.6) is 0 Å². The number of furan rings is 1. The van der Waals surface area contributed by atoms with E-state index in [0.29, 0.717) is 24.5 Å². The fourth-order valence-electron chi connectivity index (χ4n) is 1.91. The lowest BCUT2D eigenvalue weighted by Crippen LogP contribution is -2.26. The molecular weight excluding hydrogens is 288 g/mol. The lowest BCUT2D eigenvalue weighted by Gasteiger charge is -2.09. The molecule has 5 heteroatoms. The van der Waals surface area contributed by atoms with Crippen molar-refractivity contribution < 1.29 is 9.21 Å². The standard InChI is InChI=1S/C16H19ClN2O2/c1-19(2)16(20)9-10-18-11-12-7-8-15(21-12)13-5-3-4-6-14(13)17/h3-8,18H,9-11H2,1-2H3. The first-order chi connectivity index (χ1) is 10.1. The molecular formula is C16H19ClN2O2. The van der Waals surface area contributed by atoms with Gasteiger partial charge in [0.25, 0.3) is 0 Å². The maximum absolute atomic E-state index is 11.4. The summed E-state index contributed by atoms with van der Waals surface area (Å²) in [5.74, 6) is 1.68. The zero-order valence-electron chi connectivity index (χ0n) is 12.2. The molecule has 0 atom stereocenters. The molecule has 21 heavy (non-hydrogen) atoms. The molecule has 0 unspecified atom stereocenters. The number of rotatable bonds is 6. The van der Waals surface area contributed by atoms with Gasteiger partial charge in [0.05, 0.1) is 11.6 Å². The lowest BCUT2D eigenvalue weighted by atomic mass is 10.2. The molecule has 0 radical (unpaired) electrons. The van der Waals surface area contributed by atoms with Crippen molar-refractivity contribution in [1.82, 2.24) is 10.2 Å². The zero-order valence-corrected chi connectivity index (χ0v) is 13.0. The molecule has 1 amide bonds. The van der Waals surface area contributed by atoms with Crippen molar-refractivity contribution in [2.75, 3.05) is 20.6 Å². The summed E-state index contributed by atoms with van der Waals surface area (Å²) in [5, 5.41) is 3.86. The van der Waals surface area contributed by atoms with Crippen molar-refractivity contribution >= 4 is 17.5 Å². The minimum atomic E-state index is 0.110. The topological polar surface area (TPSA) is 45.5 Å². The van der Waals surface area contributed by atoms with Crippen LogP contribution in [0.4, 0.5) is 0 Å². The molecule has 0 aliphatic rings. The Kier molecular flexibility index (Phi) is 5.42. The zero-order chi connectivity index (χ0) is 15.2. The number of hydrogen-bond acceptors (Lipinski definition) is 3. The van der Waals surface area contributed by atoms with Crippen molar-refractivity contribution in [2.45, 2.75) is 13.0 Å². The minimum absolute atomic E-state index is 0.110. The maximum atomic E-state index is 11.4. The van der Waals surface area contributed by atoms with E-state index in [2.05, 4.69) is 5.32 Å². The van der Waals surface area contributed by atoms with Gasteiger partial charge >= 0.3 is 0 Å². The number of carbonyl (C=O) groups is 1. The quantitative estimate of drug-likeness (QED) is 0.834. The van der Waals surface area contributed by atoms with E-state index in [9.17, 15) is 4.79 Å². The highest BCUT2D eigenvalue weighted by Crippen LogP contribution is 2.28. The second-order valence-corrected chi connectivity index (χ2v) is 5.37. The third-order valence-corrected chi connectivity index (χ3v) is 3.44. The summed E-state index contributed by atoms with van der Waals surface area (Å²) in [6.45, 7) is 1.21. The van der Waals surface area contributed by atoms with Crippen molar-refractivity contribution in [1.29, 1.82) is 0 Å². The van der Waals surface area contributed by atoms with Gasteiger partial charge in [0.1, 0.15) is 11.5 Å². The van der Waals surface area contributed by atoms with Gasteiger partial charge in [0.15, 0.2) is 0 Å². The first kappa shape index (κ1) is 15.6. The van der Waals surface area contributed by atoms with E-state index >= 15 is 0 Å². The highest BCUT2D eigenvalue weighted by atomic mass is 35.5. The van der Waals surface area contributed by atoms with E-state index < -0.39 is 0 Å². The van der Waals surface area contributed by atoms with Crippen molar-refractivity contribution in [2.24, 2.45) is 0 Å². The van der Waals surface area contributed by atoms with E-state index in [4.69, 9.17) is 16.0 Å². The monoisotopic (exact) mass is 306 g/mol. The van der Waals surface area contributed by atoms with Crippen molar-refractivity contribution in [3.8, 4) is 11.3 Å². The average Bonchev–Trinajstić information content (AvgIpc) is 2.92. The number of hydrogen-bond donors (Lipinski definition) is 1. The Balaban J connectivity index is 1.87. The van der Waals surface area contributed by atoms with Gasteiger partial charge in [-0.15, -0.1) is 0 Å². The minimum Gasteiger partial charge on any atom is -0.460 e. The molecule has 1 heterocycles. The van der Waals surface area contributed by atoms with Gasteiger partial charge in [-0.05, 0) is 24.3 Å². The maximum Gasteiger partial charge on any atom is 0.223 e. The second kappa shape index (κ2) is 7.29. The first-order valence-electron chi connectivity index (χ1n) is 6.82. The number of amides is 1. The Bertz CT molecular complexity index is 608. The largest absolute Gasteiger partial charge is 0.460 e. The molecule has 0 saturated heterocycles. The van der Waals surface area contributed by atoms with Gasteiger partial charge in [-0.3, -0.25) is 4.79 Å². The number of halogens is 1. The average molecular weight is 307 g/mol. The van der Waals surface area contributed by atoms with E-state index in [0.717, 1.165) is 17.1 Å². The molecule has 0 aliphatic carbocycles. The number of nitrogens with zero attached hydrogens (tertiary/aromatic N) is 1. The van der Waals surface area contributed by atoms with Crippen LogP contribution in [-0.4, -0.2) is 31.4 Å². The van der Waals surface area contributed by atoms with Gasteiger partial charge in [0, 0.05) is 32.6 Å². The summed E-state index contributed by atoms with van der Waals surface area (Å²) in [7, 11) is 3.51. The molecule has 0 fully saturated rings. The highest BCUT2D eigenvalue weighted by Gasteiger charge is 2.08. The summed E-state index contributed by atoms with van der Waals surface area (Å²) in [6, 6.07) is 11.4. The Morgan fingerprint density at radius 3 is 2.71 bits per heavy atom. The van der Waals surface area contributed by atoms with Crippen LogP contribution in [0.25, 0.3) is 11.3 Å². The normalized spacial score (nSPS) is 10.6. The third-order valence-electron chi connectivity index (χ3n) is 3.11. The highest BCUT2D eigenvalue weighted by molar-refractivity contribution is 6.33. The molecule has 0 aliphatic heterocycles. The number of carbonyl (C=O) groups excluding carboxylic acids is 1. The molecule has 4 nitrogen and oxygen atoms in total. The fourth-order valence-corrected chi connectivity index (χ4v) is 2.14. The van der Waals surface area contributed by atoms with Crippen molar-refractivity contribution in [3.05, 3.63) is 47.2 Å². The predicted molar refractivity (Wildman–Crippen MR) is 84.2 cm³/mol. The van der Waals surface area contributed by atoms with E-state index in [1.807, 2.05) is 36.4 Å². The Morgan fingerprint density at radius 2 is 2.00 bits per heavy atom.